The van der Waals surface area contributed by atoms with Crippen LogP contribution in [0.5, 0.6) is 0 Å². The highest BCUT2D eigenvalue weighted by Crippen LogP contribution is 2.27. The van der Waals surface area contributed by atoms with Gasteiger partial charge in [0.2, 0.25) is 15.9 Å². The van der Waals surface area contributed by atoms with Gasteiger partial charge in [-0.05, 0) is 51.3 Å². The Bertz CT molecular complexity index is 923. The number of benzene rings is 1. The Balaban J connectivity index is 1.82. The Labute approximate surface area is 158 Å². The van der Waals surface area contributed by atoms with E-state index in [4.69, 9.17) is 5.14 Å². The van der Waals surface area contributed by atoms with Crippen molar-refractivity contribution in [3.8, 4) is 0 Å². The second kappa shape index (κ2) is 7.58. The van der Waals surface area contributed by atoms with Crippen LogP contribution in [0.15, 0.2) is 28.3 Å². The first kappa shape index (κ1) is 19.2. The number of thioether (sulfide) groups is 1. The summed E-state index contributed by atoms with van der Waals surface area (Å²) in [7, 11) is -3.77. The second-order valence-electron chi connectivity index (χ2n) is 6.55. The van der Waals surface area contributed by atoms with Crippen LogP contribution in [0.2, 0.25) is 0 Å². The Morgan fingerprint density at radius 1 is 1.38 bits per heavy atom. The van der Waals surface area contributed by atoms with Gasteiger partial charge >= 0.3 is 0 Å². The van der Waals surface area contributed by atoms with Crippen LogP contribution in [0.1, 0.15) is 33.1 Å². The second-order valence-corrected chi connectivity index (χ2v) is 9.06. The molecule has 1 aromatic heterocycles. The number of likely N-dealkylation sites (tertiary alicyclic amines) is 1. The van der Waals surface area contributed by atoms with Crippen molar-refractivity contribution in [3.63, 3.8) is 0 Å². The number of aryl methyl sites for hydroxylation is 1. The normalized spacial score (nSPS) is 18.4. The maximum atomic E-state index is 12.6. The van der Waals surface area contributed by atoms with Crippen molar-refractivity contribution in [3.05, 3.63) is 18.2 Å². The zero-order chi connectivity index (χ0) is 18.9. The molecule has 1 aliphatic heterocycles. The van der Waals surface area contributed by atoms with E-state index in [1.165, 1.54) is 30.3 Å². The predicted molar refractivity (Wildman–Crippen MR) is 103 cm³/mol. The molecule has 2 N–H and O–H groups in total. The van der Waals surface area contributed by atoms with Gasteiger partial charge in [0.25, 0.3) is 0 Å². The number of amides is 1. The molecule has 7 nitrogen and oxygen atoms in total. The van der Waals surface area contributed by atoms with E-state index in [1.54, 1.807) is 6.07 Å². The van der Waals surface area contributed by atoms with Crippen molar-refractivity contribution in [1.29, 1.82) is 0 Å². The minimum Gasteiger partial charge on any atom is -0.339 e. The number of carbonyl (C=O) groups is 1. The molecule has 1 saturated heterocycles. The van der Waals surface area contributed by atoms with Crippen molar-refractivity contribution in [2.24, 2.45) is 5.14 Å². The molecule has 26 heavy (non-hydrogen) atoms. The average Bonchev–Trinajstić information content (AvgIpc) is 2.96. The van der Waals surface area contributed by atoms with Crippen LogP contribution in [0.3, 0.4) is 0 Å². The third-order valence-electron chi connectivity index (χ3n) is 4.78. The van der Waals surface area contributed by atoms with E-state index in [-0.39, 0.29) is 10.8 Å². The summed E-state index contributed by atoms with van der Waals surface area (Å²) >= 11 is 1.39. The molecule has 2 aromatic rings. The molecule has 0 spiro atoms. The van der Waals surface area contributed by atoms with Gasteiger partial charge in [-0.25, -0.2) is 18.5 Å². The van der Waals surface area contributed by atoms with Crippen LogP contribution >= 0.6 is 11.8 Å². The number of sulfonamides is 1. The summed E-state index contributed by atoms with van der Waals surface area (Å²) in [6.45, 7) is 5.59. The lowest BCUT2D eigenvalue weighted by atomic mass is 10.0. The maximum absolute atomic E-state index is 12.6. The van der Waals surface area contributed by atoms with Gasteiger partial charge in [0.1, 0.15) is 0 Å². The van der Waals surface area contributed by atoms with Gasteiger partial charge in [0.05, 0.1) is 21.7 Å². The number of aromatic nitrogens is 2. The summed E-state index contributed by atoms with van der Waals surface area (Å²) in [5.41, 5.74) is 1.40. The van der Waals surface area contributed by atoms with Crippen LogP contribution in [-0.4, -0.2) is 47.1 Å². The third kappa shape index (κ3) is 3.89. The molecular formula is C17H24N4O3S2. The monoisotopic (exact) mass is 396 g/mol. The fourth-order valence-electron chi connectivity index (χ4n) is 3.36. The van der Waals surface area contributed by atoms with E-state index in [2.05, 4.69) is 11.9 Å². The molecule has 1 aromatic carbocycles. The van der Waals surface area contributed by atoms with Crippen LogP contribution in [0.4, 0.5) is 0 Å². The molecule has 0 unspecified atom stereocenters. The van der Waals surface area contributed by atoms with Crippen molar-refractivity contribution in [2.45, 2.75) is 55.7 Å². The number of fused-ring (bicyclic) bond motifs is 1. The fourth-order valence-corrected chi connectivity index (χ4v) is 4.86. The molecule has 0 saturated carbocycles. The highest BCUT2D eigenvalue weighted by atomic mass is 32.2. The molecule has 1 fully saturated rings. The minimum absolute atomic E-state index is 0.0421. The van der Waals surface area contributed by atoms with Crippen LogP contribution in [0, 0.1) is 0 Å². The zero-order valence-electron chi connectivity index (χ0n) is 15.0. The van der Waals surface area contributed by atoms with Crippen molar-refractivity contribution < 1.29 is 13.2 Å². The molecule has 9 heteroatoms. The number of primary sulfonamides is 1. The van der Waals surface area contributed by atoms with Gasteiger partial charge in [0.15, 0.2) is 5.16 Å². The van der Waals surface area contributed by atoms with Gasteiger partial charge in [-0.2, -0.15) is 0 Å². The molecular weight excluding hydrogens is 372 g/mol. The maximum Gasteiger partial charge on any atom is 0.238 e. The molecule has 0 bridgehead atoms. The van der Waals surface area contributed by atoms with E-state index in [0.717, 1.165) is 24.9 Å². The van der Waals surface area contributed by atoms with Crippen molar-refractivity contribution >= 4 is 38.7 Å². The summed E-state index contributed by atoms with van der Waals surface area (Å²) < 4.78 is 25.1. The zero-order valence-corrected chi connectivity index (χ0v) is 16.6. The number of nitrogens with two attached hydrogens (primary N) is 1. The highest BCUT2D eigenvalue weighted by Gasteiger charge is 2.24. The number of carbonyl (C=O) groups excluding carboxylic acids is 1. The number of piperidine rings is 1. The average molecular weight is 397 g/mol. The summed E-state index contributed by atoms with van der Waals surface area (Å²) in [6.07, 6.45) is 3.29. The van der Waals surface area contributed by atoms with Gasteiger partial charge < -0.3 is 9.47 Å². The molecule has 3 rings (SSSR count). The molecule has 1 atom stereocenters. The Kier molecular flexibility index (Phi) is 5.59. The molecule has 2 heterocycles. The summed E-state index contributed by atoms with van der Waals surface area (Å²) in [5.74, 6) is 0.456. The van der Waals surface area contributed by atoms with E-state index >= 15 is 0 Å². The van der Waals surface area contributed by atoms with E-state index in [9.17, 15) is 13.2 Å². The summed E-state index contributed by atoms with van der Waals surface area (Å²) in [4.78, 5) is 19.1. The minimum atomic E-state index is -3.77. The molecule has 0 radical (unpaired) electrons. The fraction of sp³-hybridized carbons (Fsp3) is 0.529. The first-order valence-electron chi connectivity index (χ1n) is 8.76. The lowest BCUT2D eigenvalue weighted by Gasteiger charge is -2.33. The largest absolute Gasteiger partial charge is 0.339 e. The first-order chi connectivity index (χ1) is 12.3. The van der Waals surface area contributed by atoms with E-state index in [0.29, 0.717) is 29.0 Å². The number of hydrogen-bond acceptors (Lipinski definition) is 5. The number of hydrogen-bond donors (Lipinski definition) is 1. The topological polar surface area (TPSA) is 98.3 Å². The van der Waals surface area contributed by atoms with E-state index in [1.807, 2.05) is 16.4 Å². The SMILES string of the molecule is CCn1c(SCC(=O)N2CCCC[C@H]2C)nc2cc(S(N)(=O)=O)ccc21. The highest BCUT2D eigenvalue weighted by molar-refractivity contribution is 7.99. The van der Waals surface area contributed by atoms with Crippen LogP contribution < -0.4 is 5.14 Å². The predicted octanol–water partition coefficient (Wildman–Crippen LogP) is 2.20. The standard InChI is InChI=1S/C17H24N4O3S2/c1-3-20-15-8-7-13(26(18,23)24)10-14(15)19-17(20)25-11-16(22)21-9-5-4-6-12(21)2/h7-8,10,12H,3-6,9,11H2,1-2H3,(H2,18,23,24)/t12-/m1/s1. The lowest BCUT2D eigenvalue weighted by Crippen LogP contribution is -2.42. The van der Waals surface area contributed by atoms with Gasteiger partial charge in [-0.15, -0.1) is 0 Å². The van der Waals surface area contributed by atoms with Crippen LogP contribution in [-0.2, 0) is 21.4 Å². The van der Waals surface area contributed by atoms with Gasteiger partial charge in [-0.1, -0.05) is 11.8 Å². The molecule has 1 amide bonds. The summed E-state index contributed by atoms with van der Waals surface area (Å²) in [5, 5.41) is 5.92. The smallest absolute Gasteiger partial charge is 0.238 e. The molecule has 142 valence electrons. The van der Waals surface area contributed by atoms with E-state index < -0.39 is 10.0 Å². The Morgan fingerprint density at radius 3 is 2.81 bits per heavy atom. The van der Waals surface area contributed by atoms with Gasteiger partial charge in [-0.3, -0.25) is 4.79 Å². The third-order valence-corrected chi connectivity index (χ3v) is 6.65. The Morgan fingerprint density at radius 2 is 2.15 bits per heavy atom. The van der Waals surface area contributed by atoms with Crippen molar-refractivity contribution in [2.75, 3.05) is 12.3 Å². The first-order valence-corrected chi connectivity index (χ1v) is 11.3. The van der Waals surface area contributed by atoms with Gasteiger partial charge in [0, 0.05) is 19.1 Å². The molecule has 0 aliphatic carbocycles. The van der Waals surface area contributed by atoms with Crippen molar-refractivity contribution in [1.82, 2.24) is 14.5 Å². The number of imidazole rings is 1. The Hall–Kier alpha value is -1.58. The lowest BCUT2D eigenvalue weighted by molar-refractivity contribution is -0.131. The summed E-state index contributed by atoms with van der Waals surface area (Å²) in [6, 6.07) is 4.97. The molecule has 1 aliphatic rings. The van der Waals surface area contributed by atoms with Crippen LogP contribution in [0.25, 0.3) is 11.0 Å². The number of nitrogens with zero attached hydrogens (tertiary/aromatic N) is 3. The number of rotatable bonds is 5. The quantitative estimate of drug-likeness (QED) is 0.781.